The molecule has 142 valence electrons. The second-order valence-electron chi connectivity index (χ2n) is 6.45. The highest BCUT2D eigenvalue weighted by atomic mass is 19.4. The molecule has 1 N–H and O–H groups in total. The van der Waals surface area contributed by atoms with Crippen molar-refractivity contribution in [2.45, 2.75) is 32.1 Å². The predicted molar refractivity (Wildman–Crippen MR) is 93.7 cm³/mol. The van der Waals surface area contributed by atoms with E-state index in [2.05, 4.69) is 5.32 Å². The maximum atomic E-state index is 12.6. The van der Waals surface area contributed by atoms with Gasteiger partial charge in [-0.25, -0.2) is 0 Å². The van der Waals surface area contributed by atoms with E-state index in [-0.39, 0.29) is 18.0 Å². The van der Waals surface area contributed by atoms with E-state index in [0.717, 1.165) is 48.4 Å². The SMILES string of the molecule is O=C(NCc1ccccc1CN1CCCC1=O)c1ccc(C(F)(F)F)cc1. The van der Waals surface area contributed by atoms with Gasteiger partial charge in [0.25, 0.3) is 5.91 Å². The molecule has 0 radical (unpaired) electrons. The van der Waals surface area contributed by atoms with Crippen LogP contribution in [0.15, 0.2) is 48.5 Å². The highest BCUT2D eigenvalue weighted by Crippen LogP contribution is 2.29. The monoisotopic (exact) mass is 376 g/mol. The van der Waals surface area contributed by atoms with Crippen molar-refractivity contribution in [3.05, 3.63) is 70.8 Å². The summed E-state index contributed by atoms with van der Waals surface area (Å²) in [5.41, 5.74) is 1.19. The summed E-state index contributed by atoms with van der Waals surface area (Å²) in [6.07, 6.45) is -3.01. The number of benzene rings is 2. The van der Waals surface area contributed by atoms with Gasteiger partial charge in [0.2, 0.25) is 5.91 Å². The fourth-order valence-electron chi connectivity index (χ4n) is 3.05. The Balaban J connectivity index is 1.64. The van der Waals surface area contributed by atoms with Crippen molar-refractivity contribution in [1.82, 2.24) is 10.2 Å². The molecule has 1 aliphatic rings. The standard InChI is InChI=1S/C20H19F3N2O2/c21-20(22,23)17-9-7-14(8-10-17)19(27)24-12-15-4-1-2-5-16(15)13-25-11-3-6-18(25)26/h1-2,4-5,7-10H,3,6,11-13H2,(H,24,27). The fourth-order valence-corrected chi connectivity index (χ4v) is 3.05. The number of alkyl halides is 3. The summed E-state index contributed by atoms with van der Waals surface area (Å²) in [5, 5.41) is 2.73. The van der Waals surface area contributed by atoms with Gasteiger partial charge in [-0.05, 0) is 41.8 Å². The summed E-state index contributed by atoms with van der Waals surface area (Å²) in [6, 6.07) is 11.6. The quantitative estimate of drug-likeness (QED) is 0.864. The van der Waals surface area contributed by atoms with Gasteiger partial charge in [-0.3, -0.25) is 9.59 Å². The Kier molecular flexibility index (Phi) is 5.48. The van der Waals surface area contributed by atoms with Crippen molar-refractivity contribution < 1.29 is 22.8 Å². The van der Waals surface area contributed by atoms with Crippen molar-refractivity contribution >= 4 is 11.8 Å². The number of likely N-dealkylation sites (tertiary alicyclic amines) is 1. The number of hydrogen-bond donors (Lipinski definition) is 1. The minimum Gasteiger partial charge on any atom is -0.348 e. The Labute approximate surface area is 155 Å². The molecule has 0 aromatic heterocycles. The van der Waals surface area contributed by atoms with Crippen LogP contribution in [0.1, 0.15) is 39.9 Å². The number of amides is 2. The van der Waals surface area contributed by atoms with Gasteiger partial charge in [0, 0.05) is 31.6 Å². The van der Waals surface area contributed by atoms with Crippen molar-refractivity contribution in [3.8, 4) is 0 Å². The molecule has 27 heavy (non-hydrogen) atoms. The molecule has 2 amide bonds. The van der Waals surface area contributed by atoms with Gasteiger partial charge in [-0.15, -0.1) is 0 Å². The molecule has 1 saturated heterocycles. The van der Waals surface area contributed by atoms with E-state index in [4.69, 9.17) is 0 Å². The molecule has 1 fully saturated rings. The lowest BCUT2D eigenvalue weighted by molar-refractivity contribution is -0.137. The third-order valence-corrected chi connectivity index (χ3v) is 4.56. The van der Waals surface area contributed by atoms with Gasteiger partial charge < -0.3 is 10.2 Å². The van der Waals surface area contributed by atoms with Crippen LogP contribution in [0.4, 0.5) is 13.2 Å². The van der Waals surface area contributed by atoms with Gasteiger partial charge in [0.1, 0.15) is 0 Å². The van der Waals surface area contributed by atoms with Crippen molar-refractivity contribution in [1.29, 1.82) is 0 Å². The average molecular weight is 376 g/mol. The summed E-state index contributed by atoms with van der Waals surface area (Å²) in [4.78, 5) is 25.8. The number of rotatable bonds is 5. The van der Waals surface area contributed by atoms with E-state index in [9.17, 15) is 22.8 Å². The third kappa shape index (κ3) is 4.67. The fraction of sp³-hybridized carbons (Fsp3) is 0.300. The molecule has 0 spiro atoms. The van der Waals surface area contributed by atoms with Gasteiger partial charge >= 0.3 is 6.18 Å². The normalized spacial score (nSPS) is 14.5. The topological polar surface area (TPSA) is 49.4 Å². The first-order valence-electron chi connectivity index (χ1n) is 8.64. The summed E-state index contributed by atoms with van der Waals surface area (Å²) in [6.45, 7) is 1.45. The van der Waals surface area contributed by atoms with E-state index in [1.54, 1.807) is 4.90 Å². The number of nitrogens with zero attached hydrogens (tertiary/aromatic N) is 1. The first-order chi connectivity index (χ1) is 12.8. The van der Waals surface area contributed by atoms with Crippen LogP contribution < -0.4 is 5.32 Å². The lowest BCUT2D eigenvalue weighted by atomic mass is 10.1. The summed E-state index contributed by atoms with van der Waals surface area (Å²) in [5.74, 6) is -0.325. The van der Waals surface area contributed by atoms with Gasteiger partial charge in [0.05, 0.1) is 5.56 Å². The van der Waals surface area contributed by atoms with E-state index in [1.807, 2.05) is 24.3 Å². The molecule has 4 nitrogen and oxygen atoms in total. The Morgan fingerprint density at radius 1 is 1.04 bits per heavy atom. The Bertz CT molecular complexity index is 832. The van der Waals surface area contributed by atoms with Crippen LogP contribution in [0, 0.1) is 0 Å². The molecule has 0 bridgehead atoms. The van der Waals surface area contributed by atoms with Gasteiger partial charge in [-0.2, -0.15) is 13.2 Å². The molecule has 2 aromatic rings. The first kappa shape index (κ1) is 18.9. The lowest BCUT2D eigenvalue weighted by Crippen LogP contribution is -2.26. The maximum Gasteiger partial charge on any atom is 0.416 e. The van der Waals surface area contributed by atoms with Crippen LogP contribution in [-0.2, 0) is 24.1 Å². The van der Waals surface area contributed by atoms with Gasteiger partial charge in [0.15, 0.2) is 0 Å². The molecule has 0 aliphatic carbocycles. The molecular formula is C20H19F3N2O2. The highest BCUT2D eigenvalue weighted by molar-refractivity contribution is 5.94. The lowest BCUT2D eigenvalue weighted by Gasteiger charge is -2.18. The minimum absolute atomic E-state index is 0.124. The van der Waals surface area contributed by atoms with E-state index < -0.39 is 17.6 Å². The Morgan fingerprint density at radius 3 is 2.30 bits per heavy atom. The van der Waals surface area contributed by atoms with E-state index in [0.29, 0.717) is 13.0 Å². The minimum atomic E-state index is -4.43. The Hall–Kier alpha value is -2.83. The molecule has 0 saturated carbocycles. The van der Waals surface area contributed by atoms with Crippen molar-refractivity contribution in [3.63, 3.8) is 0 Å². The molecule has 2 aromatic carbocycles. The third-order valence-electron chi connectivity index (χ3n) is 4.56. The molecule has 7 heteroatoms. The second kappa shape index (κ2) is 7.82. The van der Waals surface area contributed by atoms with Crippen molar-refractivity contribution in [2.24, 2.45) is 0 Å². The van der Waals surface area contributed by atoms with Gasteiger partial charge in [-0.1, -0.05) is 24.3 Å². The first-order valence-corrected chi connectivity index (χ1v) is 8.64. The Morgan fingerprint density at radius 2 is 1.70 bits per heavy atom. The molecule has 3 rings (SSSR count). The van der Waals surface area contributed by atoms with Crippen LogP contribution in [0.2, 0.25) is 0 Å². The average Bonchev–Trinajstić information content (AvgIpc) is 3.05. The summed E-state index contributed by atoms with van der Waals surface area (Å²) >= 11 is 0. The zero-order valence-corrected chi connectivity index (χ0v) is 14.6. The van der Waals surface area contributed by atoms with E-state index in [1.165, 1.54) is 0 Å². The molecule has 1 heterocycles. The molecule has 0 atom stereocenters. The van der Waals surface area contributed by atoms with Crippen LogP contribution >= 0.6 is 0 Å². The highest BCUT2D eigenvalue weighted by Gasteiger charge is 2.30. The van der Waals surface area contributed by atoms with Crippen LogP contribution in [0.25, 0.3) is 0 Å². The second-order valence-corrected chi connectivity index (χ2v) is 6.45. The summed E-state index contributed by atoms with van der Waals surface area (Å²) in [7, 11) is 0. The summed E-state index contributed by atoms with van der Waals surface area (Å²) < 4.78 is 37.8. The number of carbonyl (C=O) groups excluding carboxylic acids is 2. The van der Waals surface area contributed by atoms with Crippen molar-refractivity contribution in [2.75, 3.05) is 6.54 Å². The number of carbonyl (C=O) groups is 2. The number of nitrogens with one attached hydrogen (secondary N) is 1. The number of halogens is 3. The molecular weight excluding hydrogens is 357 g/mol. The van der Waals surface area contributed by atoms with Crippen LogP contribution in [0.3, 0.4) is 0 Å². The largest absolute Gasteiger partial charge is 0.416 e. The molecule has 1 aliphatic heterocycles. The zero-order valence-electron chi connectivity index (χ0n) is 14.6. The van der Waals surface area contributed by atoms with Crippen LogP contribution in [-0.4, -0.2) is 23.3 Å². The predicted octanol–water partition coefficient (Wildman–Crippen LogP) is 3.76. The van der Waals surface area contributed by atoms with E-state index >= 15 is 0 Å². The maximum absolute atomic E-state index is 12.6. The zero-order chi connectivity index (χ0) is 19.4. The van der Waals surface area contributed by atoms with Crippen LogP contribution in [0.5, 0.6) is 0 Å². The number of hydrogen-bond acceptors (Lipinski definition) is 2. The molecule has 0 unspecified atom stereocenters. The smallest absolute Gasteiger partial charge is 0.348 e.